The molecule has 4 aromatic rings. The third kappa shape index (κ3) is 4.77. The van der Waals surface area contributed by atoms with Crippen LogP contribution in [-0.2, 0) is 17.6 Å². The molecule has 0 radical (unpaired) electrons. The SMILES string of the molecule is CC(Cc1ccc(OCCc2ccccc2F)c(-c2ccc3[nH]ccc3c2)c1)C(=O)O. The Kier molecular flexibility index (Phi) is 6.03. The quantitative estimate of drug-likeness (QED) is 0.378. The van der Waals surface area contributed by atoms with Gasteiger partial charge in [0, 0.05) is 23.7 Å². The summed E-state index contributed by atoms with van der Waals surface area (Å²) in [4.78, 5) is 14.5. The van der Waals surface area contributed by atoms with E-state index in [1.54, 1.807) is 19.1 Å². The maximum atomic E-state index is 13.9. The summed E-state index contributed by atoms with van der Waals surface area (Å²) < 4.78 is 20.0. The van der Waals surface area contributed by atoms with Crippen molar-refractivity contribution in [1.29, 1.82) is 0 Å². The minimum atomic E-state index is -0.819. The highest BCUT2D eigenvalue weighted by Crippen LogP contribution is 2.34. The molecule has 0 aliphatic carbocycles. The third-order valence-electron chi connectivity index (χ3n) is 5.46. The van der Waals surface area contributed by atoms with Gasteiger partial charge in [0.1, 0.15) is 11.6 Å². The molecule has 0 amide bonds. The molecule has 1 heterocycles. The number of hydrogen-bond donors (Lipinski definition) is 2. The Bertz CT molecular complexity index is 1210. The number of carboxylic acid groups (broad SMARTS) is 1. The van der Waals surface area contributed by atoms with E-state index in [1.165, 1.54) is 6.07 Å². The van der Waals surface area contributed by atoms with Gasteiger partial charge in [-0.1, -0.05) is 37.3 Å². The van der Waals surface area contributed by atoms with Gasteiger partial charge in [-0.05, 0) is 64.9 Å². The van der Waals surface area contributed by atoms with Crippen LogP contribution in [0.2, 0.25) is 0 Å². The largest absolute Gasteiger partial charge is 0.493 e. The maximum Gasteiger partial charge on any atom is 0.306 e. The fourth-order valence-corrected chi connectivity index (χ4v) is 3.69. The van der Waals surface area contributed by atoms with Gasteiger partial charge in [-0.15, -0.1) is 0 Å². The first-order valence-corrected chi connectivity index (χ1v) is 10.3. The Morgan fingerprint density at radius 1 is 1.10 bits per heavy atom. The molecule has 4 rings (SSSR count). The second-order valence-electron chi connectivity index (χ2n) is 7.74. The lowest BCUT2D eigenvalue weighted by Crippen LogP contribution is -2.12. The number of aromatic amines is 1. The van der Waals surface area contributed by atoms with Crippen LogP contribution < -0.4 is 4.74 Å². The molecule has 0 aliphatic heterocycles. The lowest BCUT2D eigenvalue weighted by Gasteiger charge is -2.15. The van der Waals surface area contributed by atoms with E-state index in [2.05, 4.69) is 11.1 Å². The summed E-state index contributed by atoms with van der Waals surface area (Å²) in [5.74, 6) is -0.839. The van der Waals surface area contributed by atoms with Gasteiger partial charge in [-0.25, -0.2) is 4.39 Å². The normalized spacial score (nSPS) is 12.1. The molecule has 5 heteroatoms. The van der Waals surface area contributed by atoms with Gasteiger partial charge in [-0.3, -0.25) is 4.79 Å². The van der Waals surface area contributed by atoms with E-state index in [-0.39, 0.29) is 5.82 Å². The first-order valence-electron chi connectivity index (χ1n) is 10.3. The highest BCUT2D eigenvalue weighted by molar-refractivity contribution is 5.86. The number of hydrogen-bond acceptors (Lipinski definition) is 2. The van der Waals surface area contributed by atoms with Crippen molar-refractivity contribution in [1.82, 2.24) is 4.98 Å². The van der Waals surface area contributed by atoms with Gasteiger partial charge >= 0.3 is 5.97 Å². The average Bonchev–Trinajstić information content (AvgIpc) is 3.23. The molecule has 1 aromatic heterocycles. The number of ether oxygens (including phenoxy) is 1. The van der Waals surface area contributed by atoms with Crippen molar-refractivity contribution in [2.45, 2.75) is 19.8 Å². The number of rotatable bonds is 8. The Labute approximate surface area is 180 Å². The second-order valence-corrected chi connectivity index (χ2v) is 7.74. The van der Waals surface area contributed by atoms with Gasteiger partial charge in [0.05, 0.1) is 12.5 Å². The average molecular weight is 417 g/mol. The molecule has 1 atom stereocenters. The smallest absolute Gasteiger partial charge is 0.306 e. The molecule has 31 heavy (non-hydrogen) atoms. The standard InChI is InChI=1S/C26H24FNO3/c1-17(26(29)30)14-18-6-9-25(31-13-11-19-4-2-3-5-23(19)27)22(15-18)20-7-8-24-21(16-20)10-12-28-24/h2-10,12,15-17,28H,11,13-14H2,1H3,(H,29,30). The zero-order valence-corrected chi connectivity index (χ0v) is 17.3. The number of fused-ring (bicyclic) bond motifs is 1. The summed E-state index contributed by atoms with van der Waals surface area (Å²) in [6.07, 6.45) is 2.79. The first kappa shape index (κ1) is 20.7. The number of carboxylic acids is 1. The van der Waals surface area contributed by atoms with Gasteiger partial charge < -0.3 is 14.8 Å². The molecule has 0 bridgehead atoms. The van der Waals surface area contributed by atoms with E-state index >= 15 is 0 Å². The van der Waals surface area contributed by atoms with Crippen LogP contribution in [-0.4, -0.2) is 22.7 Å². The number of carbonyl (C=O) groups is 1. The summed E-state index contributed by atoms with van der Waals surface area (Å²) in [5, 5.41) is 10.3. The van der Waals surface area contributed by atoms with Crippen molar-refractivity contribution >= 4 is 16.9 Å². The summed E-state index contributed by atoms with van der Waals surface area (Å²) in [6, 6.07) is 20.6. The summed E-state index contributed by atoms with van der Waals surface area (Å²) in [6.45, 7) is 2.04. The summed E-state index contributed by atoms with van der Waals surface area (Å²) in [7, 11) is 0. The van der Waals surface area contributed by atoms with E-state index in [0.29, 0.717) is 30.8 Å². The lowest BCUT2D eigenvalue weighted by atomic mass is 9.96. The van der Waals surface area contributed by atoms with Crippen LogP contribution in [0.3, 0.4) is 0 Å². The summed E-state index contributed by atoms with van der Waals surface area (Å²) >= 11 is 0. The van der Waals surface area contributed by atoms with Crippen molar-refractivity contribution in [3.63, 3.8) is 0 Å². The number of nitrogens with one attached hydrogen (secondary N) is 1. The maximum absolute atomic E-state index is 13.9. The lowest BCUT2D eigenvalue weighted by molar-refractivity contribution is -0.141. The van der Waals surface area contributed by atoms with Crippen LogP contribution in [0.25, 0.3) is 22.0 Å². The number of halogens is 1. The van der Waals surface area contributed by atoms with Gasteiger partial charge in [0.25, 0.3) is 0 Å². The fraction of sp³-hybridized carbons (Fsp3) is 0.192. The summed E-state index contributed by atoms with van der Waals surface area (Å²) in [5.41, 5.74) is 4.47. The number of benzene rings is 3. The highest BCUT2D eigenvalue weighted by Gasteiger charge is 2.15. The molecule has 4 nitrogen and oxygen atoms in total. The van der Waals surface area contributed by atoms with Crippen LogP contribution in [0.1, 0.15) is 18.1 Å². The monoisotopic (exact) mass is 417 g/mol. The van der Waals surface area contributed by atoms with E-state index in [0.717, 1.165) is 27.6 Å². The topological polar surface area (TPSA) is 62.3 Å². The Morgan fingerprint density at radius 2 is 1.94 bits per heavy atom. The highest BCUT2D eigenvalue weighted by atomic mass is 19.1. The third-order valence-corrected chi connectivity index (χ3v) is 5.46. The number of aromatic nitrogens is 1. The van der Waals surface area contributed by atoms with Gasteiger partial charge in [0.2, 0.25) is 0 Å². The number of H-pyrrole nitrogens is 1. The van der Waals surface area contributed by atoms with E-state index in [9.17, 15) is 14.3 Å². The molecule has 0 spiro atoms. The number of aliphatic carboxylic acids is 1. The molecule has 2 N–H and O–H groups in total. The molecular weight excluding hydrogens is 393 g/mol. The molecular formula is C26H24FNO3. The van der Waals surface area contributed by atoms with Crippen molar-refractivity contribution in [2.24, 2.45) is 5.92 Å². The van der Waals surface area contributed by atoms with E-state index in [1.807, 2.05) is 48.7 Å². The zero-order valence-electron chi connectivity index (χ0n) is 17.3. The van der Waals surface area contributed by atoms with Crippen LogP contribution in [0.4, 0.5) is 4.39 Å². The molecule has 0 fully saturated rings. The Morgan fingerprint density at radius 3 is 2.74 bits per heavy atom. The minimum absolute atomic E-state index is 0.234. The van der Waals surface area contributed by atoms with Crippen molar-refractivity contribution in [3.8, 4) is 16.9 Å². The minimum Gasteiger partial charge on any atom is -0.493 e. The molecule has 3 aromatic carbocycles. The molecule has 1 unspecified atom stereocenters. The van der Waals surface area contributed by atoms with Crippen LogP contribution >= 0.6 is 0 Å². The zero-order chi connectivity index (χ0) is 21.8. The van der Waals surface area contributed by atoms with Crippen LogP contribution in [0.15, 0.2) is 72.9 Å². The molecule has 0 aliphatic rings. The van der Waals surface area contributed by atoms with E-state index in [4.69, 9.17) is 4.74 Å². The van der Waals surface area contributed by atoms with Crippen molar-refractivity contribution < 1.29 is 19.0 Å². The van der Waals surface area contributed by atoms with Gasteiger partial charge in [-0.2, -0.15) is 0 Å². The Balaban J connectivity index is 1.62. The van der Waals surface area contributed by atoms with Crippen LogP contribution in [0.5, 0.6) is 5.75 Å². The van der Waals surface area contributed by atoms with Gasteiger partial charge in [0.15, 0.2) is 0 Å². The molecule has 0 saturated carbocycles. The van der Waals surface area contributed by atoms with Crippen molar-refractivity contribution in [3.05, 3.63) is 89.9 Å². The predicted molar refractivity (Wildman–Crippen MR) is 120 cm³/mol. The Hall–Kier alpha value is -3.60. The predicted octanol–water partition coefficient (Wildman–Crippen LogP) is 5.86. The molecule has 0 saturated heterocycles. The second kappa shape index (κ2) is 9.04. The van der Waals surface area contributed by atoms with Crippen LogP contribution in [0, 0.1) is 11.7 Å². The van der Waals surface area contributed by atoms with Crippen molar-refractivity contribution in [2.75, 3.05) is 6.61 Å². The fourth-order valence-electron chi connectivity index (χ4n) is 3.69. The molecule has 158 valence electrons. The first-order chi connectivity index (χ1) is 15.0. The van der Waals surface area contributed by atoms with E-state index < -0.39 is 11.9 Å².